The Kier molecular flexibility index (Phi) is 4.87. The van der Waals surface area contributed by atoms with Gasteiger partial charge in [0.25, 0.3) is 5.89 Å². The van der Waals surface area contributed by atoms with Crippen molar-refractivity contribution in [1.82, 2.24) is 10.1 Å². The minimum absolute atomic E-state index is 0.331. The molecule has 6 heteroatoms. The van der Waals surface area contributed by atoms with E-state index < -0.39 is 0 Å². The average molecular weight is 321 g/mol. The van der Waals surface area contributed by atoms with E-state index in [2.05, 4.69) is 29.2 Å². The van der Waals surface area contributed by atoms with Crippen molar-refractivity contribution < 1.29 is 4.52 Å². The van der Waals surface area contributed by atoms with Crippen LogP contribution in [0.2, 0.25) is 0 Å². The Morgan fingerprint density at radius 3 is 2.71 bits per heavy atom. The normalized spacial score (nSPS) is 22.4. The molecule has 3 rings (SSSR count). The molecule has 112 valence electrons. The predicted molar refractivity (Wildman–Crippen MR) is 89.6 cm³/mol. The van der Waals surface area contributed by atoms with Gasteiger partial charge in [-0.05, 0) is 30.7 Å². The lowest BCUT2D eigenvalue weighted by atomic mass is 10.1. The van der Waals surface area contributed by atoms with Gasteiger partial charge in [0.15, 0.2) is 5.82 Å². The zero-order chi connectivity index (χ0) is 14.7. The Balaban J connectivity index is 1.77. The standard InChI is InChI=1S/C15H19N3OS2/c1-10-13(21-9-8-20-10)14-17-15(19-18-14)12-4-2-11(3-5-12)6-7-16/h2-5,10,13H,6-9,16H2,1H3. The van der Waals surface area contributed by atoms with Gasteiger partial charge in [-0.25, -0.2) is 0 Å². The molecule has 0 amide bonds. The summed E-state index contributed by atoms with van der Waals surface area (Å²) in [4.78, 5) is 4.59. The summed E-state index contributed by atoms with van der Waals surface area (Å²) in [5, 5.41) is 5.05. The van der Waals surface area contributed by atoms with Gasteiger partial charge in [0.05, 0.1) is 5.25 Å². The van der Waals surface area contributed by atoms with Crippen molar-refractivity contribution in [2.75, 3.05) is 18.1 Å². The molecule has 2 atom stereocenters. The van der Waals surface area contributed by atoms with E-state index in [-0.39, 0.29) is 0 Å². The Labute approximate surface area is 133 Å². The Bertz CT molecular complexity index is 585. The van der Waals surface area contributed by atoms with Crippen LogP contribution in [0.4, 0.5) is 0 Å². The molecule has 2 aromatic rings. The topological polar surface area (TPSA) is 64.9 Å². The maximum absolute atomic E-state index is 5.56. The van der Waals surface area contributed by atoms with Crippen molar-refractivity contribution in [3.63, 3.8) is 0 Å². The lowest BCUT2D eigenvalue weighted by Gasteiger charge is -2.24. The molecule has 4 nitrogen and oxygen atoms in total. The van der Waals surface area contributed by atoms with Crippen molar-refractivity contribution in [2.24, 2.45) is 5.73 Å². The second kappa shape index (κ2) is 6.85. The molecule has 2 unspecified atom stereocenters. The van der Waals surface area contributed by atoms with Crippen LogP contribution in [-0.4, -0.2) is 33.4 Å². The fourth-order valence-electron chi connectivity index (χ4n) is 2.36. The van der Waals surface area contributed by atoms with Crippen molar-refractivity contribution in [3.8, 4) is 11.5 Å². The molecule has 0 saturated carbocycles. The third-order valence-corrected chi connectivity index (χ3v) is 6.60. The van der Waals surface area contributed by atoms with E-state index in [0.29, 0.717) is 22.9 Å². The first-order valence-corrected chi connectivity index (χ1v) is 9.24. The molecule has 2 heterocycles. The van der Waals surface area contributed by atoms with Gasteiger partial charge in [-0.3, -0.25) is 0 Å². The highest BCUT2D eigenvalue weighted by Crippen LogP contribution is 2.41. The van der Waals surface area contributed by atoms with Crippen LogP contribution in [0.3, 0.4) is 0 Å². The predicted octanol–water partition coefficient (Wildman–Crippen LogP) is 3.15. The number of hydrogen-bond acceptors (Lipinski definition) is 6. The second-order valence-electron chi connectivity index (χ2n) is 5.06. The van der Waals surface area contributed by atoms with Gasteiger partial charge in [0.2, 0.25) is 0 Å². The lowest BCUT2D eigenvalue weighted by molar-refractivity contribution is 0.422. The third kappa shape index (κ3) is 3.44. The number of hydrogen-bond donors (Lipinski definition) is 1. The van der Waals surface area contributed by atoms with E-state index in [1.807, 2.05) is 35.7 Å². The molecule has 2 N–H and O–H groups in total. The molecule has 1 aromatic carbocycles. The largest absolute Gasteiger partial charge is 0.334 e. The summed E-state index contributed by atoms with van der Waals surface area (Å²) >= 11 is 3.90. The summed E-state index contributed by atoms with van der Waals surface area (Å²) in [6, 6.07) is 8.18. The molecular formula is C15H19N3OS2. The fraction of sp³-hybridized carbons (Fsp3) is 0.467. The number of rotatable bonds is 4. The Morgan fingerprint density at radius 1 is 1.24 bits per heavy atom. The Morgan fingerprint density at radius 2 is 2.00 bits per heavy atom. The lowest BCUT2D eigenvalue weighted by Crippen LogP contribution is -2.16. The first kappa shape index (κ1) is 14.9. The van der Waals surface area contributed by atoms with Crippen molar-refractivity contribution in [3.05, 3.63) is 35.7 Å². The molecule has 1 aliphatic rings. The average Bonchev–Trinajstić information content (AvgIpc) is 2.98. The second-order valence-corrected chi connectivity index (χ2v) is 7.80. The van der Waals surface area contributed by atoms with Gasteiger partial charge in [-0.2, -0.15) is 16.7 Å². The van der Waals surface area contributed by atoms with E-state index in [1.54, 1.807) is 0 Å². The minimum atomic E-state index is 0.331. The van der Waals surface area contributed by atoms with Crippen molar-refractivity contribution >= 4 is 23.5 Å². The molecular weight excluding hydrogens is 302 g/mol. The van der Waals surface area contributed by atoms with Crippen LogP contribution < -0.4 is 5.73 Å². The monoisotopic (exact) mass is 321 g/mol. The van der Waals surface area contributed by atoms with E-state index in [0.717, 1.165) is 23.6 Å². The number of nitrogens with zero attached hydrogens (tertiary/aromatic N) is 2. The van der Waals surface area contributed by atoms with E-state index in [9.17, 15) is 0 Å². The number of thioether (sulfide) groups is 2. The quantitative estimate of drug-likeness (QED) is 0.933. The van der Waals surface area contributed by atoms with Gasteiger partial charge in [-0.1, -0.05) is 24.2 Å². The fourth-order valence-corrected chi connectivity index (χ4v) is 5.04. The van der Waals surface area contributed by atoms with Gasteiger partial charge in [0, 0.05) is 22.3 Å². The molecule has 1 aliphatic heterocycles. The maximum atomic E-state index is 5.56. The van der Waals surface area contributed by atoms with E-state index >= 15 is 0 Å². The number of nitrogens with two attached hydrogens (primary N) is 1. The summed E-state index contributed by atoms with van der Waals surface area (Å²) in [7, 11) is 0. The molecule has 1 saturated heterocycles. The van der Waals surface area contributed by atoms with Crippen LogP contribution in [-0.2, 0) is 6.42 Å². The molecule has 0 radical (unpaired) electrons. The zero-order valence-corrected chi connectivity index (χ0v) is 13.6. The SMILES string of the molecule is CC1SCCSC1c1noc(-c2ccc(CCN)cc2)n1. The third-order valence-electron chi connectivity index (χ3n) is 3.52. The van der Waals surface area contributed by atoms with Gasteiger partial charge in [-0.15, -0.1) is 11.8 Å². The summed E-state index contributed by atoms with van der Waals surface area (Å²) in [6.45, 7) is 2.90. The van der Waals surface area contributed by atoms with Crippen LogP contribution in [0.15, 0.2) is 28.8 Å². The molecule has 0 aliphatic carbocycles. The van der Waals surface area contributed by atoms with Crippen LogP contribution in [0, 0.1) is 0 Å². The first-order chi connectivity index (χ1) is 10.3. The molecule has 1 fully saturated rings. The summed E-state index contributed by atoms with van der Waals surface area (Å²) in [6.07, 6.45) is 0.892. The highest BCUT2D eigenvalue weighted by Gasteiger charge is 2.28. The molecule has 0 bridgehead atoms. The summed E-state index contributed by atoms with van der Waals surface area (Å²) < 4.78 is 5.44. The highest BCUT2D eigenvalue weighted by molar-refractivity contribution is 8.06. The summed E-state index contributed by atoms with van der Waals surface area (Å²) in [5.41, 5.74) is 7.76. The van der Waals surface area contributed by atoms with E-state index in [4.69, 9.17) is 10.3 Å². The number of aromatic nitrogens is 2. The summed E-state index contributed by atoms with van der Waals surface area (Å²) in [5.74, 6) is 3.78. The van der Waals surface area contributed by atoms with Gasteiger partial charge >= 0.3 is 0 Å². The van der Waals surface area contributed by atoms with E-state index in [1.165, 1.54) is 11.3 Å². The van der Waals surface area contributed by atoms with Crippen LogP contribution >= 0.6 is 23.5 Å². The highest BCUT2D eigenvalue weighted by atomic mass is 32.2. The Hall–Kier alpha value is -0.980. The number of benzene rings is 1. The van der Waals surface area contributed by atoms with Crippen LogP contribution in [0.25, 0.3) is 11.5 Å². The smallest absolute Gasteiger partial charge is 0.257 e. The molecule has 21 heavy (non-hydrogen) atoms. The molecule has 0 spiro atoms. The zero-order valence-electron chi connectivity index (χ0n) is 12.0. The van der Waals surface area contributed by atoms with Gasteiger partial charge < -0.3 is 10.3 Å². The minimum Gasteiger partial charge on any atom is -0.334 e. The van der Waals surface area contributed by atoms with Crippen molar-refractivity contribution in [1.29, 1.82) is 0 Å². The van der Waals surface area contributed by atoms with Crippen LogP contribution in [0.5, 0.6) is 0 Å². The maximum Gasteiger partial charge on any atom is 0.257 e. The molecule has 1 aromatic heterocycles. The van der Waals surface area contributed by atoms with Crippen molar-refractivity contribution in [2.45, 2.75) is 23.8 Å². The first-order valence-electron chi connectivity index (χ1n) is 7.14. The van der Waals surface area contributed by atoms with Crippen LogP contribution in [0.1, 0.15) is 23.6 Å². The van der Waals surface area contributed by atoms with Gasteiger partial charge in [0.1, 0.15) is 0 Å².